The van der Waals surface area contributed by atoms with Gasteiger partial charge in [0.05, 0.1) is 23.1 Å². The van der Waals surface area contributed by atoms with Crippen molar-refractivity contribution in [3.63, 3.8) is 0 Å². The highest BCUT2D eigenvalue weighted by molar-refractivity contribution is 5.80. The third-order valence-electron chi connectivity index (χ3n) is 6.04. The Morgan fingerprint density at radius 3 is 2.38 bits per heavy atom. The summed E-state index contributed by atoms with van der Waals surface area (Å²) in [6, 6.07) is 19.8. The number of benzene rings is 2. The van der Waals surface area contributed by atoms with Crippen molar-refractivity contribution < 1.29 is 4.79 Å². The number of carbonyl (C=O) groups excluding carboxylic acids is 1. The van der Waals surface area contributed by atoms with Gasteiger partial charge in [0.25, 0.3) is 0 Å². The Morgan fingerprint density at radius 2 is 1.70 bits per heavy atom. The summed E-state index contributed by atoms with van der Waals surface area (Å²) in [5.41, 5.74) is 4.74. The average Bonchev–Trinajstić information content (AvgIpc) is 3.24. The maximum atomic E-state index is 11.7. The number of nitrogens with zero attached hydrogens (tertiary/aromatic N) is 6. The summed E-state index contributed by atoms with van der Waals surface area (Å²) >= 11 is 0. The molecule has 0 aliphatic carbocycles. The number of carbonyl (C=O) groups is 1. The Labute approximate surface area is 218 Å². The van der Waals surface area contributed by atoms with Gasteiger partial charge >= 0.3 is 0 Å². The molecule has 37 heavy (non-hydrogen) atoms. The standard InChI is InChI=1S/C28H34N8O/c1-19(2)36(20(3)18-37)25-16-22(12-13-24(25)34(4)5)30-28-29-15-14-26(32-28)31-27-17-23(33-35(27)6)21-10-8-7-9-11-21/h7-20H,1-6H3,(H2,29,30,31,32). The minimum atomic E-state index is -0.266. The quantitative estimate of drug-likeness (QED) is 0.287. The highest BCUT2D eigenvalue weighted by atomic mass is 16.1. The Kier molecular flexibility index (Phi) is 7.71. The van der Waals surface area contributed by atoms with E-state index in [4.69, 9.17) is 0 Å². The van der Waals surface area contributed by atoms with Crippen molar-refractivity contribution in [3.05, 3.63) is 66.9 Å². The lowest BCUT2D eigenvalue weighted by Crippen LogP contribution is -2.40. The molecule has 2 aromatic carbocycles. The molecule has 0 aliphatic rings. The number of aryl methyl sites for hydroxylation is 1. The molecule has 0 spiro atoms. The largest absolute Gasteiger partial charge is 0.376 e. The lowest BCUT2D eigenvalue weighted by Gasteiger charge is -2.35. The van der Waals surface area contributed by atoms with Gasteiger partial charge in [0.2, 0.25) is 5.95 Å². The zero-order valence-electron chi connectivity index (χ0n) is 22.2. The van der Waals surface area contributed by atoms with Crippen LogP contribution in [0.1, 0.15) is 20.8 Å². The zero-order valence-corrected chi connectivity index (χ0v) is 22.2. The van der Waals surface area contributed by atoms with E-state index in [0.717, 1.165) is 40.4 Å². The van der Waals surface area contributed by atoms with Crippen molar-refractivity contribution in [2.24, 2.45) is 7.05 Å². The van der Waals surface area contributed by atoms with Gasteiger partial charge in [-0.1, -0.05) is 30.3 Å². The average molecular weight is 499 g/mol. The molecule has 0 bridgehead atoms. The van der Waals surface area contributed by atoms with Crippen LogP contribution in [0.15, 0.2) is 66.9 Å². The second-order valence-corrected chi connectivity index (χ2v) is 9.40. The molecule has 2 aromatic heterocycles. The molecule has 0 fully saturated rings. The summed E-state index contributed by atoms with van der Waals surface area (Å²) in [7, 11) is 5.88. The highest BCUT2D eigenvalue weighted by Gasteiger charge is 2.21. The van der Waals surface area contributed by atoms with Crippen molar-refractivity contribution in [1.29, 1.82) is 0 Å². The Morgan fingerprint density at radius 1 is 0.946 bits per heavy atom. The SMILES string of the molecule is CC(C)N(c1cc(Nc2nccc(Nc3cc(-c4ccccc4)nn3C)n2)ccc1N(C)C)C(C)C=O. The molecule has 2 N–H and O–H groups in total. The normalized spacial score (nSPS) is 11.8. The van der Waals surface area contributed by atoms with E-state index < -0.39 is 0 Å². The molecule has 0 radical (unpaired) electrons. The lowest BCUT2D eigenvalue weighted by atomic mass is 10.1. The van der Waals surface area contributed by atoms with E-state index >= 15 is 0 Å². The van der Waals surface area contributed by atoms with Crippen LogP contribution in [-0.4, -0.2) is 52.2 Å². The van der Waals surface area contributed by atoms with E-state index in [1.807, 2.05) is 93.6 Å². The van der Waals surface area contributed by atoms with Gasteiger partial charge in [-0.05, 0) is 45.0 Å². The fourth-order valence-electron chi connectivity index (χ4n) is 4.30. The van der Waals surface area contributed by atoms with Crippen LogP contribution >= 0.6 is 0 Å². The minimum absolute atomic E-state index is 0.137. The molecule has 0 aliphatic heterocycles. The third-order valence-corrected chi connectivity index (χ3v) is 6.04. The summed E-state index contributed by atoms with van der Waals surface area (Å²) < 4.78 is 1.79. The van der Waals surface area contributed by atoms with Crippen LogP contribution in [0.5, 0.6) is 0 Å². The van der Waals surface area contributed by atoms with Gasteiger partial charge in [-0.2, -0.15) is 10.1 Å². The molecule has 4 aromatic rings. The van der Waals surface area contributed by atoms with E-state index in [0.29, 0.717) is 11.8 Å². The molecule has 1 unspecified atom stereocenters. The summed E-state index contributed by atoms with van der Waals surface area (Å²) in [5.74, 6) is 1.92. The first-order valence-electron chi connectivity index (χ1n) is 12.3. The lowest BCUT2D eigenvalue weighted by molar-refractivity contribution is -0.108. The molecule has 9 nitrogen and oxygen atoms in total. The maximum absolute atomic E-state index is 11.7. The predicted octanol–water partition coefficient (Wildman–Crippen LogP) is 5.23. The number of hydrogen-bond donors (Lipinski definition) is 2. The van der Waals surface area contributed by atoms with Crippen LogP contribution in [0.25, 0.3) is 11.3 Å². The first-order valence-corrected chi connectivity index (χ1v) is 12.3. The Bertz CT molecular complexity index is 1350. The smallest absolute Gasteiger partial charge is 0.229 e. The van der Waals surface area contributed by atoms with E-state index in [1.165, 1.54) is 0 Å². The van der Waals surface area contributed by atoms with Crippen LogP contribution < -0.4 is 20.4 Å². The molecule has 0 saturated heterocycles. The summed E-state index contributed by atoms with van der Waals surface area (Å²) in [6.45, 7) is 6.07. The molecular formula is C28H34N8O. The summed E-state index contributed by atoms with van der Waals surface area (Å²) in [5, 5.41) is 11.3. The molecule has 192 valence electrons. The van der Waals surface area contributed by atoms with E-state index in [-0.39, 0.29) is 12.1 Å². The second kappa shape index (κ2) is 11.1. The number of aldehydes is 1. The van der Waals surface area contributed by atoms with Gasteiger partial charge < -0.3 is 25.2 Å². The first kappa shape index (κ1) is 25.7. The third kappa shape index (κ3) is 5.88. The van der Waals surface area contributed by atoms with Crippen molar-refractivity contribution in [2.45, 2.75) is 32.9 Å². The van der Waals surface area contributed by atoms with E-state index in [1.54, 1.807) is 10.9 Å². The number of aromatic nitrogens is 4. The number of hydrogen-bond acceptors (Lipinski definition) is 8. The van der Waals surface area contributed by atoms with Crippen LogP contribution in [0, 0.1) is 0 Å². The monoisotopic (exact) mass is 498 g/mol. The van der Waals surface area contributed by atoms with Gasteiger partial charge in [-0.3, -0.25) is 4.68 Å². The Hall–Kier alpha value is -4.40. The molecule has 1 atom stereocenters. The van der Waals surface area contributed by atoms with Crippen molar-refractivity contribution in [2.75, 3.05) is 34.5 Å². The minimum Gasteiger partial charge on any atom is -0.376 e. The number of nitrogens with one attached hydrogen (secondary N) is 2. The topological polar surface area (TPSA) is 91.2 Å². The number of rotatable bonds is 10. The molecule has 0 saturated carbocycles. The zero-order chi connectivity index (χ0) is 26.5. The van der Waals surface area contributed by atoms with Crippen LogP contribution in [0.3, 0.4) is 0 Å². The molecule has 9 heteroatoms. The van der Waals surface area contributed by atoms with Crippen LogP contribution in [-0.2, 0) is 11.8 Å². The van der Waals surface area contributed by atoms with Crippen molar-refractivity contribution >= 4 is 40.9 Å². The molecule has 2 heterocycles. The maximum Gasteiger partial charge on any atom is 0.229 e. The molecule has 4 rings (SSSR count). The molecular weight excluding hydrogens is 464 g/mol. The predicted molar refractivity (Wildman–Crippen MR) is 151 cm³/mol. The fourth-order valence-corrected chi connectivity index (χ4v) is 4.30. The van der Waals surface area contributed by atoms with Gasteiger partial charge in [-0.25, -0.2) is 4.98 Å². The summed E-state index contributed by atoms with van der Waals surface area (Å²) in [6.07, 6.45) is 2.68. The molecule has 0 amide bonds. The van der Waals surface area contributed by atoms with E-state index in [2.05, 4.69) is 44.4 Å². The number of anilines is 6. The fraction of sp³-hybridized carbons (Fsp3) is 0.286. The van der Waals surface area contributed by atoms with Gasteiger partial charge in [0.15, 0.2) is 0 Å². The van der Waals surface area contributed by atoms with Crippen molar-refractivity contribution in [1.82, 2.24) is 19.7 Å². The van der Waals surface area contributed by atoms with Gasteiger partial charge in [-0.15, -0.1) is 0 Å². The Balaban J connectivity index is 1.58. The summed E-state index contributed by atoms with van der Waals surface area (Å²) in [4.78, 5) is 24.9. The van der Waals surface area contributed by atoms with E-state index in [9.17, 15) is 4.79 Å². The van der Waals surface area contributed by atoms with Gasteiger partial charge in [0.1, 0.15) is 17.9 Å². The highest BCUT2D eigenvalue weighted by Crippen LogP contribution is 2.34. The van der Waals surface area contributed by atoms with Gasteiger partial charge in [0, 0.05) is 50.7 Å². The van der Waals surface area contributed by atoms with Crippen LogP contribution in [0.4, 0.5) is 34.6 Å². The first-order chi connectivity index (χ1) is 17.8. The van der Waals surface area contributed by atoms with Crippen LogP contribution in [0.2, 0.25) is 0 Å². The second-order valence-electron chi connectivity index (χ2n) is 9.40. The van der Waals surface area contributed by atoms with Crippen molar-refractivity contribution in [3.8, 4) is 11.3 Å².